The first-order valence-electron chi connectivity index (χ1n) is 7.60. The SMILES string of the molecule is CN(Cc1nccn1C(F)F)C(=O)CCNS(=O)(=O)c1ccc(F)c(F)c1. The van der Waals surface area contributed by atoms with Crippen LogP contribution in [0.1, 0.15) is 18.8 Å². The van der Waals surface area contributed by atoms with E-state index >= 15 is 0 Å². The molecule has 0 radical (unpaired) electrons. The van der Waals surface area contributed by atoms with Crippen LogP contribution in [0.4, 0.5) is 17.6 Å². The van der Waals surface area contributed by atoms with Crippen LogP contribution < -0.4 is 4.72 Å². The first-order valence-corrected chi connectivity index (χ1v) is 9.08. The second-order valence-corrected chi connectivity index (χ2v) is 7.27. The number of hydrogen-bond acceptors (Lipinski definition) is 4. The topological polar surface area (TPSA) is 84.3 Å². The molecule has 1 aromatic heterocycles. The summed E-state index contributed by atoms with van der Waals surface area (Å²) in [5.74, 6) is -3.05. The molecular formula is C15H16F4N4O3S. The van der Waals surface area contributed by atoms with Crippen molar-refractivity contribution in [2.45, 2.75) is 24.4 Å². The summed E-state index contributed by atoms with van der Waals surface area (Å²) in [6, 6.07) is 2.09. The molecule has 0 aliphatic rings. The van der Waals surface area contributed by atoms with E-state index in [1.165, 1.54) is 13.2 Å². The van der Waals surface area contributed by atoms with Crippen molar-refractivity contribution in [3.8, 4) is 0 Å². The van der Waals surface area contributed by atoms with Crippen LogP contribution in [0, 0.1) is 11.6 Å². The fraction of sp³-hybridized carbons (Fsp3) is 0.333. The second kappa shape index (κ2) is 8.48. The van der Waals surface area contributed by atoms with Crippen LogP contribution in [-0.2, 0) is 21.4 Å². The van der Waals surface area contributed by atoms with E-state index in [2.05, 4.69) is 9.71 Å². The van der Waals surface area contributed by atoms with Gasteiger partial charge in [-0.15, -0.1) is 0 Å². The average Bonchev–Trinajstić information content (AvgIpc) is 3.05. The number of nitrogens with zero attached hydrogens (tertiary/aromatic N) is 3. The van der Waals surface area contributed by atoms with Gasteiger partial charge in [-0.3, -0.25) is 9.36 Å². The minimum absolute atomic E-state index is 0.0248. The maximum Gasteiger partial charge on any atom is 0.319 e. The number of rotatable bonds is 8. The lowest BCUT2D eigenvalue weighted by molar-refractivity contribution is -0.130. The third-order valence-corrected chi connectivity index (χ3v) is 5.05. The van der Waals surface area contributed by atoms with E-state index in [0.717, 1.165) is 17.2 Å². The zero-order valence-electron chi connectivity index (χ0n) is 14.1. The molecule has 12 heteroatoms. The Morgan fingerprint density at radius 1 is 1.30 bits per heavy atom. The molecule has 1 N–H and O–H groups in total. The van der Waals surface area contributed by atoms with E-state index in [4.69, 9.17) is 0 Å². The Bertz CT molecular complexity index is 918. The number of imidazole rings is 1. The van der Waals surface area contributed by atoms with Gasteiger partial charge in [0.1, 0.15) is 5.82 Å². The van der Waals surface area contributed by atoms with Crippen molar-refractivity contribution >= 4 is 15.9 Å². The summed E-state index contributed by atoms with van der Waals surface area (Å²) >= 11 is 0. The van der Waals surface area contributed by atoms with Crippen LogP contribution >= 0.6 is 0 Å². The minimum Gasteiger partial charge on any atom is -0.338 e. The van der Waals surface area contributed by atoms with Gasteiger partial charge in [0.15, 0.2) is 11.6 Å². The van der Waals surface area contributed by atoms with Gasteiger partial charge in [-0.1, -0.05) is 0 Å². The highest BCUT2D eigenvalue weighted by atomic mass is 32.2. The Hall–Kier alpha value is -2.47. The molecule has 0 atom stereocenters. The highest BCUT2D eigenvalue weighted by molar-refractivity contribution is 7.89. The number of alkyl halides is 2. The molecule has 0 fully saturated rings. The Labute approximate surface area is 152 Å². The van der Waals surface area contributed by atoms with Gasteiger partial charge in [-0.05, 0) is 18.2 Å². The summed E-state index contributed by atoms with van der Waals surface area (Å²) in [6.07, 6.45) is 1.98. The van der Waals surface area contributed by atoms with Crippen LogP contribution in [0.3, 0.4) is 0 Å². The zero-order chi connectivity index (χ0) is 20.2. The van der Waals surface area contributed by atoms with E-state index in [9.17, 15) is 30.8 Å². The monoisotopic (exact) mass is 408 g/mol. The number of benzene rings is 1. The molecule has 1 aromatic carbocycles. The summed E-state index contributed by atoms with van der Waals surface area (Å²) < 4.78 is 78.2. The summed E-state index contributed by atoms with van der Waals surface area (Å²) in [7, 11) is -2.77. The Balaban J connectivity index is 1.91. The average molecular weight is 408 g/mol. The molecule has 0 saturated heterocycles. The first kappa shape index (κ1) is 20.8. The summed E-state index contributed by atoms with van der Waals surface area (Å²) in [6.45, 7) is -3.30. The smallest absolute Gasteiger partial charge is 0.319 e. The number of amides is 1. The lowest BCUT2D eigenvalue weighted by Crippen LogP contribution is -2.32. The van der Waals surface area contributed by atoms with Crippen LogP contribution in [0.2, 0.25) is 0 Å². The van der Waals surface area contributed by atoms with Crippen LogP contribution in [0.15, 0.2) is 35.5 Å². The van der Waals surface area contributed by atoms with E-state index in [0.29, 0.717) is 16.7 Å². The van der Waals surface area contributed by atoms with Gasteiger partial charge in [0.2, 0.25) is 15.9 Å². The zero-order valence-corrected chi connectivity index (χ0v) is 14.9. The summed E-state index contributed by atoms with van der Waals surface area (Å²) in [4.78, 5) is 16.4. The molecule has 0 bridgehead atoms. The van der Waals surface area contributed by atoms with E-state index in [1.807, 2.05) is 0 Å². The number of carbonyl (C=O) groups is 1. The molecule has 27 heavy (non-hydrogen) atoms. The molecular weight excluding hydrogens is 392 g/mol. The third-order valence-electron chi connectivity index (χ3n) is 3.60. The first-order chi connectivity index (χ1) is 12.6. The van der Waals surface area contributed by atoms with Crippen molar-refractivity contribution in [3.05, 3.63) is 48.1 Å². The Kier molecular flexibility index (Phi) is 6.54. The number of carbonyl (C=O) groups excluding carboxylic acids is 1. The van der Waals surface area contributed by atoms with Crippen LogP contribution in [-0.4, -0.2) is 42.4 Å². The van der Waals surface area contributed by atoms with E-state index in [1.54, 1.807) is 0 Å². The highest BCUT2D eigenvalue weighted by Gasteiger charge is 2.19. The third kappa shape index (κ3) is 5.26. The largest absolute Gasteiger partial charge is 0.338 e. The molecule has 1 heterocycles. The molecule has 148 valence electrons. The number of halogens is 4. The molecule has 0 spiro atoms. The second-order valence-electron chi connectivity index (χ2n) is 5.50. The lowest BCUT2D eigenvalue weighted by Gasteiger charge is -2.17. The number of aromatic nitrogens is 2. The quantitative estimate of drug-likeness (QED) is 0.676. The molecule has 0 aliphatic carbocycles. The molecule has 2 rings (SSSR count). The molecule has 1 amide bonds. The minimum atomic E-state index is -4.13. The van der Waals surface area contributed by atoms with Gasteiger partial charge in [0.25, 0.3) is 0 Å². The predicted molar refractivity (Wildman–Crippen MR) is 86.1 cm³/mol. The van der Waals surface area contributed by atoms with Gasteiger partial charge in [-0.25, -0.2) is 26.9 Å². The number of nitrogens with one attached hydrogen (secondary N) is 1. The summed E-state index contributed by atoms with van der Waals surface area (Å²) in [5.41, 5.74) is 0. The van der Waals surface area contributed by atoms with Crippen molar-refractivity contribution in [2.24, 2.45) is 0 Å². The van der Waals surface area contributed by atoms with Crippen LogP contribution in [0.25, 0.3) is 0 Å². The molecule has 0 saturated carbocycles. The van der Waals surface area contributed by atoms with Crippen molar-refractivity contribution in [1.82, 2.24) is 19.2 Å². The fourth-order valence-electron chi connectivity index (χ4n) is 2.15. The van der Waals surface area contributed by atoms with Crippen LogP contribution in [0.5, 0.6) is 0 Å². The van der Waals surface area contributed by atoms with Gasteiger partial charge in [0, 0.05) is 32.4 Å². The maximum atomic E-state index is 13.1. The van der Waals surface area contributed by atoms with Gasteiger partial charge in [-0.2, -0.15) is 8.78 Å². The van der Waals surface area contributed by atoms with Gasteiger partial charge < -0.3 is 4.90 Å². The Morgan fingerprint density at radius 2 is 2.00 bits per heavy atom. The molecule has 0 unspecified atom stereocenters. The van der Waals surface area contributed by atoms with Gasteiger partial charge in [0.05, 0.1) is 11.4 Å². The molecule has 2 aromatic rings. The lowest BCUT2D eigenvalue weighted by atomic mass is 10.3. The number of sulfonamides is 1. The van der Waals surface area contributed by atoms with E-state index in [-0.39, 0.29) is 25.3 Å². The molecule has 7 nitrogen and oxygen atoms in total. The summed E-state index contributed by atoms with van der Waals surface area (Å²) in [5, 5.41) is 0. The fourth-order valence-corrected chi connectivity index (χ4v) is 3.20. The predicted octanol–water partition coefficient (Wildman–Crippen LogP) is 1.88. The van der Waals surface area contributed by atoms with Crippen molar-refractivity contribution < 1.29 is 30.8 Å². The standard InChI is InChI=1S/C15H16F4N4O3S/c1-22(9-13-20-6-7-23(13)15(18)19)14(24)4-5-21-27(25,26)10-2-3-11(16)12(17)8-10/h2-3,6-8,15,21H,4-5,9H2,1H3. The molecule has 0 aliphatic heterocycles. The number of hydrogen-bond donors (Lipinski definition) is 1. The normalized spacial score (nSPS) is 11.8. The Morgan fingerprint density at radius 3 is 2.63 bits per heavy atom. The maximum absolute atomic E-state index is 13.1. The van der Waals surface area contributed by atoms with Crippen molar-refractivity contribution in [3.63, 3.8) is 0 Å². The van der Waals surface area contributed by atoms with Gasteiger partial charge >= 0.3 is 6.55 Å². The van der Waals surface area contributed by atoms with Crippen molar-refractivity contribution in [1.29, 1.82) is 0 Å². The highest BCUT2D eigenvalue weighted by Crippen LogP contribution is 2.15. The van der Waals surface area contributed by atoms with Crippen molar-refractivity contribution in [2.75, 3.05) is 13.6 Å². The van der Waals surface area contributed by atoms with E-state index < -0.39 is 39.0 Å².